The molecule has 0 heterocycles. The van der Waals surface area contributed by atoms with E-state index in [9.17, 15) is 14.4 Å². The minimum absolute atomic E-state index is 0.0202. The standard InChI is InChI=1S/C15H20O4.C9H11NO2/c1-15(2,3)19-14(18)9-8-11-4-6-12(7-5-11)10-13(16)17;10-6-8-3-1-7(2-4-8)5-9(11)12/h4-7H,8-10H2,1-3H3,(H,16,17);1-4H,5-6,10H2,(H,11,12). The van der Waals surface area contributed by atoms with Gasteiger partial charge in [0.1, 0.15) is 5.60 Å². The molecule has 0 aromatic heterocycles. The van der Waals surface area contributed by atoms with E-state index in [0.29, 0.717) is 19.4 Å². The number of nitrogens with two attached hydrogens (primary N) is 1. The summed E-state index contributed by atoms with van der Waals surface area (Å²) in [6, 6.07) is 14.5. The predicted molar refractivity (Wildman–Crippen MR) is 118 cm³/mol. The van der Waals surface area contributed by atoms with Crippen molar-refractivity contribution in [3.05, 3.63) is 70.8 Å². The molecule has 7 heteroatoms. The molecule has 31 heavy (non-hydrogen) atoms. The highest BCUT2D eigenvalue weighted by molar-refractivity contribution is 5.71. The normalized spacial score (nSPS) is 10.6. The largest absolute Gasteiger partial charge is 0.481 e. The van der Waals surface area contributed by atoms with Gasteiger partial charge in [0.05, 0.1) is 12.8 Å². The van der Waals surface area contributed by atoms with Gasteiger partial charge in [0.15, 0.2) is 0 Å². The fourth-order valence-electron chi connectivity index (χ4n) is 2.61. The Hall–Kier alpha value is -3.19. The Morgan fingerprint density at radius 3 is 1.52 bits per heavy atom. The fraction of sp³-hybridized carbons (Fsp3) is 0.375. The topological polar surface area (TPSA) is 127 Å². The van der Waals surface area contributed by atoms with Crippen LogP contribution in [0.1, 0.15) is 49.4 Å². The van der Waals surface area contributed by atoms with E-state index >= 15 is 0 Å². The molecule has 0 aliphatic heterocycles. The molecule has 168 valence electrons. The average Bonchev–Trinajstić information content (AvgIpc) is 2.66. The molecule has 0 aliphatic carbocycles. The fourth-order valence-corrected chi connectivity index (χ4v) is 2.61. The van der Waals surface area contributed by atoms with Crippen LogP contribution in [0.25, 0.3) is 0 Å². The van der Waals surface area contributed by atoms with Crippen LogP contribution in [0.5, 0.6) is 0 Å². The summed E-state index contributed by atoms with van der Waals surface area (Å²) < 4.78 is 5.22. The van der Waals surface area contributed by atoms with E-state index in [0.717, 1.165) is 22.3 Å². The molecule has 2 rings (SSSR count). The Balaban J connectivity index is 0.000000343. The zero-order valence-electron chi connectivity index (χ0n) is 18.3. The molecule has 0 amide bonds. The molecular weight excluding hydrogens is 398 g/mol. The first-order chi connectivity index (χ1) is 14.5. The third kappa shape index (κ3) is 12.2. The quantitative estimate of drug-likeness (QED) is 0.549. The molecule has 0 spiro atoms. The van der Waals surface area contributed by atoms with Gasteiger partial charge >= 0.3 is 17.9 Å². The van der Waals surface area contributed by atoms with Crippen molar-refractivity contribution in [1.82, 2.24) is 0 Å². The molecule has 0 aliphatic rings. The van der Waals surface area contributed by atoms with Crippen LogP contribution in [0.3, 0.4) is 0 Å². The van der Waals surface area contributed by atoms with Gasteiger partial charge < -0.3 is 20.7 Å². The van der Waals surface area contributed by atoms with Crippen LogP contribution in [-0.4, -0.2) is 33.7 Å². The molecular formula is C24H31NO6. The third-order valence-corrected chi connectivity index (χ3v) is 4.03. The summed E-state index contributed by atoms with van der Waals surface area (Å²) in [4.78, 5) is 32.4. The number of benzene rings is 2. The predicted octanol–water partition coefficient (Wildman–Crippen LogP) is 3.36. The summed E-state index contributed by atoms with van der Waals surface area (Å²) in [6.07, 6.45) is 1.02. The number of carboxylic acids is 2. The lowest BCUT2D eigenvalue weighted by molar-refractivity contribution is -0.154. The number of hydrogen-bond acceptors (Lipinski definition) is 5. The Bertz CT molecular complexity index is 851. The van der Waals surface area contributed by atoms with Gasteiger partial charge in [-0.05, 0) is 49.4 Å². The number of ether oxygens (including phenoxy) is 1. The van der Waals surface area contributed by atoms with Gasteiger partial charge in [-0.1, -0.05) is 48.5 Å². The van der Waals surface area contributed by atoms with Gasteiger partial charge in [-0.25, -0.2) is 0 Å². The highest BCUT2D eigenvalue weighted by Gasteiger charge is 2.15. The second-order valence-electron chi connectivity index (χ2n) is 8.06. The van der Waals surface area contributed by atoms with Gasteiger partial charge in [-0.15, -0.1) is 0 Å². The molecule has 4 N–H and O–H groups in total. The van der Waals surface area contributed by atoms with Crippen molar-refractivity contribution in [2.45, 2.75) is 58.6 Å². The molecule has 2 aromatic carbocycles. The first-order valence-electron chi connectivity index (χ1n) is 9.99. The average molecular weight is 430 g/mol. The molecule has 0 saturated carbocycles. The number of rotatable bonds is 8. The maximum atomic E-state index is 11.5. The van der Waals surface area contributed by atoms with Crippen LogP contribution in [0.2, 0.25) is 0 Å². The Morgan fingerprint density at radius 1 is 0.774 bits per heavy atom. The van der Waals surface area contributed by atoms with E-state index in [2.05, 4.69) is 0 Å². The van der Waals surface area contributed by atoms with E-state index in [4.69, 9.17) is 20.7 Å². The second kappa shape index (κ2) is 12.5. The summed E-state index contributed by atoms with van der Waals surface area (Å²) in [6.45, 7) is 6.01. The molecule has 0 bridgehead atoms. The van der Waals surface area contributed by atoms with Crippen molar-refractivity contribution >= 4 is 17.9 Å². The van der Waals surface area contributed by atoms with Crippen LogP contribution >= 0.6 is 0 Å². The number of aryl methyl sites for hydroxylation is 1. The van der Waals surface area contributed by atoms with Crippen molar-refractivity contribution in [2.75, 3.05) is 0 Å². The first kappa shape index (κ1) is 25.8. The number of aliphatic carboxylic acids is 2. The summed E-state index contributed by atoms with van der Waals surface area (Å²) in [5.74, 6) is -1.88. The molecule has 2 aromatic rings. The molecule has 0 saturated heterocycles. The summed E-state index contributed by atoms with van der Waals surface area (Å²) in [7, 11) is 0. The summed E-state index contributed by atoms with van der Waals surface area (Å²) in [5.41, 5.74) is 8.51. The highest BCUT2D eigenvalue weighted by Crippen LogP contribution is 2.12. The maximum Gasteiger partial charge on any atom is 0.307 e. The van der Waals surface area contributed by atoms with E-state index in [1.165, 1.54) is 0 Å². The Kier molecular flexibility index (Phi) is 10.4. The smallest absolute Gasteiger partial charge is 0.307 e. The molecule has 0 unspecified atom stereocenters. The number of carbonyl (C=O) groups excluding carboxylic acids is 1. The summed E-state index contributed by atoms with van der Waals surface area (Å²) >= 11 is 0. The molecule has 7 nitrogen and oxygen atoms in total. The van der Waals surface area contributed by atoms with Crippen molar-refractivity contribution in [2.24, 2.45) is 5.73 Å². The number of carboxylic acid groups (broad SMARTS) is 2. The highest BCUT2D eigenvalue weighted by atomic mass is 16.6. The number of hydrogen-bond donors (Lipinski definition) is 3. The molecule has 0 atom stereocenters. The van der Waals surface area contributed by atoms with Gasteiger partial charge in [-0.3, -0.25) is 14.4 Å². The van der Waals surface area contributed by atoms with Crippen molar-refractivity contribution in [3.8, 4) is 0 Å². The van der Waals surface area contributed by atoms with Crippen molar-refractivity contribution in [1.29, 1.82) is 0 Å². The van der Waals surface area contributed by atoms with Gasteiger partial charge in [-0.2, -0.15) is 0 Å². The lowest BCUT2D eigenvalue weighted by Crippen LogP contribution is -2.24. The third-order valence-electron chi connectivity index (χ3n) is 4.03. The van der Waals surface area contributed by atoms with E-state index in [1.54, 1.807) is 24.3 Å². The number of esters is 1. The van der Waals surface area contributed by atoms with Crippen molar-refractivity contribution in [3.63, 3.8) is 0 Å². The minimum Gasteiger partial charge on any atom is -0.481 e. The minimum atomic E-state index is -0.846. The Morgan fingerprint density at radius 2 is 1.16 bits per heavy atom. The van der Waals surface area contributed by atoms with E-state index in [1.807, 2.05) is 45.0 Å². The van der Waals surface area contributed by atoms with Crippen LogP contribution in [-0.2, 0) is 44.9 Å². The van der Waals surface area contributed by atoms with Crippen LogP contribution in [0.15, 0.2) is 48.5 Å². The maximum absolute atomic E-state index is 11.5. The van der Waals surface area contributed by atoms with Crippen molar-refractivity contribution < 1.29 is 29.3 Å². The van der Waals surface area contributed by atoms with Crippen LogP contribution in [0.4, 0.5) is 0 Å². The van der Waals surface area contributed by atoms with E-state index < -0.39 is 17.5 Å². The monoisotopic (exact) mass is 429 g/mol. The Labute approximate surface area is 182 Å². The van der Waals surface area contributed by atoms with Gasteiger partial charge in [0.25, 0.3) is 0 Å². The molecule has 0 fully saturated rings. The zero-order valence-corrected chi connectivity index (χ0v) is 18.3. The lowest BCUT2D eigenvalue weighted by Gasteiger charge is -2.19. The van der Waals surface area contributed by atoms with Gasteiger partial charge in [0, 0.05) is 13.0 Å². The van der Waals surface area contributed by atoms with Crippen LogP contribution in [0, 0.1) is 0 Å². The SMILES string of the molecule is CC(C)(C)OC(=O)CCc1ccc(CC(=O)O)cc1.NCc1ccc(CC(=O)O)cc1. The second-order valence-corrected chi connectivity index (χ2v) is 8.06. The molecule has 0 radical (unpaired) electrons. The zero-order chi connectivity index (χ0) is 23.4. The van der Waals surface area contributed by atoms with Gasteiger partial charge in [0.2, 0.25) is 0 Å². The number of carbonyl (C=O) groups is 3. The first-order valence-corrected chi connectivity index (χ1v) is 9.99. The van der Waals surface area contributed by atoms with Crippen LogP contribution < -0.4 is 5.73 Å². The van der Waals surface area contributed by atoms with E-state index in [-0.39, 0.29) is 18.8 Å². The summed E-state index contributed by atoms with van der Waals surface area (Å²) in [5, 5.41) is 17.1. The lowest BCUT2D eigenvalue weighted by atomic mass is 10.1.